The summed E-state index contributed by atoms with van der Waals surface area (Å²) >= 11 is 0. The second-order valence-electron chi connectivity index (χ2n) is 6.44. The van der Waals surface area contributed by atoms with Gasteiger partial charge in [0.2, 0.25) is 0 Å². The fourth-order valence-electron chi connectivity index (χ4n) is 4.46. The van der Waals surface area contributed by atoms with Crippen molar-refractivity contribution in [2.45, 2.75) is 44.4 Å². The smallest absolute Gasteiger partial charge is 0.0317 e. The molecule has 0 aliphatic heterocycles. The number of benzene rings is 1. The first-order valence-corrected chi connectivity index (χ1v) is 7.46. The van der Waals surface area contributed by atoms with E-state index in [1.54, 1.807) is 0 Å². The lowest BCUT2D eigenvalue weighted by atomic mass is 9.55. The number of hydrogen-bond donors (Lipinski definition) is 1. The van der Waals surface area contributed by atoms with Gasteiger partial charge in [-0.25, -0.2) is 0 Å². The Morgan fingerprint density at radius 1 is 1.37 bits per heavy atom. The van der Waals surface area contributed by atoms with Crippen molar-refractivity contribution >= 4 is 11.9 Å². The number of hydrogen-bond acceptors (Lipinski definition) is 2. The van der Waals surface area contributed by atoms with Gasteiger partial charge in [-0.2, -0.15) is 0 Å². The molecule has 1 fully saturated rings. The fraction of sp³-hybridized carbons (Fsp3) is 0.588. The minimum absolute atomic E-state index is 0.299. The van der Waals surface area contributed by atoms with E-state index < -0.39 is 0 Å². The molecule has 0 amide bonds. The molecule has 3 atom stereocenters. The van der Waals surface area contributed by atoms with E-state index in [0.29, 0.717) is 11.3 Å². The number of aryl methyl sites for hydroxylation is 1. The van der Waals surface area contributed by atoms with Crippen molar-refractivity contribution in [2.75, 3.05) is 12.8 Å². The number of aliphatic imine (C=N–C) groups is 1. The third-order valence-corrected chi connectivity index (χ3v) is 5.38. The summed E-state index contributed by atoms with van der Waals surface area (Å²) in [5, 5.41) is 0. The third-order valence-electron chi connectivity index (χ3n) is 5.38. The monoisotopic (exact) mass is 256 g/mol. The molecule has 2 aliphatic rings. The van der Waals surface area contributed by atoms with E-state index in [0.717, 1.165) is 11.6 Å². The molecule has 1 aromatic carbocycles. The maximum atomic E-state index is 6.03. The van der Waals surface area contributed by atoms with E-state index in [2.05, 4.69) is 36.3 Å². The predicted octanol–water partition coefficient (Wildman–Crippen LogP) is 3.59. The highest BCUT2D eigenvalue weighted by Crippen LogP contribution is 2.52. The SMILES string of the molecule is CN=CC1CCCC2(C)c3cc(N)ccc3CCC12. The minimum Gasteiger partial charge on any atom is -0.399 e. The molecule has 0 bridgehead atoms. The van der Waals surface area contributed by atoms with Gasteiger partial charge in [0.05, 0.1) is 0 Å². The molecule has 3 unspecified atom stereocenters. The molecule has 19 heavy (non-hydrogen) atoms. The molecule has 102 valence electrons. The van der Waals surface area contributed by atoms with Crippen molar-refractivity contribution < 1.29 is 0 Å². The first-order valence-electron chi connectivity index (χ1n) is 7.46. The van der Waals surface area contributed by atoms with Crippen LogP contribution in [0.15, 0.2) is 23.2 Å². The van der Waals surface area contributed by atoms with Gasteiger partial charge >= 0.3 is 0 Å². The van der Waals surface area contributed by atoms with E-state index in [4.69, 9.17) is 5.73 Å². The summed E-state index contributed by atoms with van der Waals surface area (Å²) in [5.74, 6) is 1.39. The highest BCUT2D eigenvalue weighted by molar-refractivity contribution is 5.62. The van der Waals surface area contributed by atoms with Gasteiger partial charge in [0, 0.05) is 18.9 Å². The van der Waals surface area contributed by atoms with Crippen molar-refractivity contribution in [3.05, 3.63) is 29.3 Å². The molecule has 1 saturated carbocycles. The number of fused-ring (bicyclic) bond motifs is 3. The summed E-state index contributed by atoms with van der Waals surface area (Å²) in [4.78, 5) is 4.31. The number of nitrogen functional groups attached to an aromatic ring is 1. The van der Waals surface area contributed by atoms with E-state index in [1.165, 1.54) is 43.2 Å². The Morgan fingerprint density at radius 2 is 2.21 bits per heavy atom. The van der Waals surface area contributed by atoms with E-state index >= 15 is 0 Å². The van der Waals surface area contributed by atoms with Crippen LogP contribution in [0.4, 0.5) is 5.69 Å². The standard InChI is InChI=1S/C17H24N2/c1-17-9-3-4-13(11-19-2)15(17)8-6-12-5-7-14(18)10-16(12)17/h5,7,10-11,13,15H,3-4,6,8-9,18H2,1-2H3. The molecule has 2 heteroatoms. The Kier molecular flexibility index (Phi) is 3.12. The second-order valence-corrected chi connectivity index (χ2v) is 6.44. The van der Waals surface area contributed by atoms with Gasteiger partial charge in [0.25, 0.3) is 0 Å². The third kappa shape index (κ3) is 1.98. The van der Waals surface area contributed by atoms with Crippen molar-refractivity contribution in [2.24, 2.45) is 16.8 Å². The van der Waals surface area contributed by atoms with Crippen molar-refractivity contribution in [3.63, 3.8) is 0 Å². The molecule has 0 radical (unpaired) electrons. The fourth-order valence-corrected chi connectivity index (χ4v) is 4.46. The molecule has 1 aromatic rings. The summed E-state index contributed by atoms with van der Waals surface area (Å²) in [5.41, 5.74) is 10.3. The molecule has 2 nitrogen and oxygen atoms in total. The Morgan fingerprint density at radius 3 is 3.00 bits per heavy atom. The zero-order chi connectivity index (χ0) is 13.5. The molecule has 2 N–H and O–H groups in total. The van der Waals surface area contributed by atoms with Crippen LogP contribution in [0, 0.1) is 11.8 Å². The summed E-state index contributed by atoms with van der Waals surface area (Å²) in [6.45, 7) is 2.45. The van der Waals surface area contributed by atoms with Crippen LogP contribution in [-0.4, -0.2) is 13.3 Å². The largest absolute Gasteiger partial charge is 0.399 e. The van der Waals surface area contributed by atoms with Gasteiger partial charge in [-0.15, -0.1) is 0 Å². The lowest BCUT2D eigenvalue weighted by Gasteiger charge is -2.49. The summed E-state index contributed by atoms with van der Waals surface area (Å²) in [7, 11) is 1.90. The quantitative estimate of drug-likeness (QED) is 0.605. The van der Waals surface area contributed by atoms with Crippen molar-refractivity contribution in [1.82, 2.24) is 0 Å². The number of rotatable bonds is 1. The van der Waals surface area contributed by atoms with Gasteiger partial charge in [-0.05, 0) is 66.2 Å². The van der Waals surface area contributed by atoms with Crippen LogP contribution < -0.4 is 5.73 Å². The summed E-state index contributed by atoms with van der Waals surface area (Å²) in [6.07, 6.45) is 8.59. The Bertz CT molecular complexity index is 506. The topological polar surface area (TPSA) is 38.4 Å². The van der Waals surface area contributed by atoms with E-state index in [-0.39, 0.29) is 0 Å². The summed E-state index contributed by atoms with van der Waals surface area (Å²) < 4.78 is 0. The van der Waals surface area contributed by atoms with Crippen LogP contribution in [-0.2, 0) is 11.8 Å². The van der Waals surface area contributed by atoms with Gasteiger partial charge in [0.1, 0.15) is 0 Å². The van der Waals surface area contributed by atoms with Crippen LogP contribution in [0.2, 0.25) is 0 Å². The van der Waals surface area contributed by atoms with Gasteiger partial charge in [-0.1, -0.05) is 19.4 Å². The van der Waals surface area contributed by atoms with Crippen molar-refractivity contribution in [1.29, 1.82) is 0 Å². The molecule has 0 heterocycles. The van der Waals surface area contributed by atoms with E-state index in [1.807, 2.05) is 7.05 Å². The molecule has 0 spiro atoms. The lowest BCUT2D eigenvalue weighted by Crippen LogP contribution is -2.44. The molecule has 0 aromatic heterocycles. The maximum absolute atomic E-state index is 6.03. The van der Waals surface area contributed by atoms with Gasteiger partial charge in [0.15, 0.2) is 0 Å². The highest BCUT2D eigenvalue weighted by Gasteiger charge is 2.45. The van der Waals surface area contributed by atoms with Crippen LogP contribution >= 0.6 is 0 Å². The van der Waals surface area contributed by atoms with E-state index in [9.17, 15) is 0 Å². The normalized spacial score (nSPS) is 34.0. The number of nitrogens with zero attached hydrogens (tertiary/aromatic N) is 1. The number of nitrogens with two attached hydrogens (primary N) is 1. The van der Waals surface area contributed by atoms with Crippen LogP contribution in [0.3, 0.4) is 0 Å². The first kappa shape index (κ1) is 12.7. The Balaban J connectivity index is 2.05. The lowest BCUT2D eigenvalue weighted by molar-refractivity contribution is 0.146. The molecule has 0 saturated heterocycles. The van der Waals surface area contributed by atoms with Crippen molar-refractivity contribution in [3.8, 4) is 0 Å². The zero-order valence-electron chi connectivity index (χ0n) is 12.0. The molecule has 3 rings (SSSR count). The van der Waals surface area contributed by atoms with Gasteiger partial charge in [-0.3, -0.25) is 0 Å². The number of anilines is 1. The molecular weight excluding hydrogens is 232 g/mol. The Hall–Kier alpha value is -1.31. The second kappa shape index (κ2) is 4.66. The average molecular weight is 256 g/mol. The maximum Gasteiger partial charge on any atom is 0.0317 e. The Labute approximate surface area is 116 Å². The molecule has 2 aliphatic carbocycles. The van der Waals surface area contributed by atoms with Crippen LogP contribution in [0.25, 0.3) is 0 Å². The minimum atomic E-state index is 0.299. The zero-order valence-corrected chi connectivity index (χ0v) is 12.0. The first-order chi connectivity index (χ1) is 9.15. The predicted molar refractivity (Wildman–Crippen MR) is 81.8 cm³/mol. The molecular formula is C17H24N2. The highest BCUT2D eigenvalue weighted by atomic mass is 14.7. The average Bonchev–Trinajstić information content (AvgIpc) is 2.39. The van der Waals surface area contributed by atoms with Crippen LogP contribution in [0.5, 0.6) is 0 Å². The van der Waals surface area contributed by atoms with Crippen LogP contribution in [0.1, 0.15) is 43.7 Å². The van der Waals surface area contributed by atoms with Gasteiger partial charge < -0.3 is 10.7 Å². The summed E-state index contributed by atoms with van der Waals surface area (Å²) in [6, 6.07) is 6.52.